The fourth-order valence-corrected chi connectivity index (χ4v) is 2.06. The van der Waals surface area contributed by atoms with Gasteiger partial charge < -0.3 is 19.5 Å². The molecule has 0 aromatic heterocycles. The van der Waals surface area contributed by atoms with Crippen molar-refractivity contribution in [2.24, 2.45) is 0 Å². The molecule has 6 nitrogen and oxygen atoms in total. The minimum Gasteiger partial charge on any atom is -0.460 e. The predicted octanol–water partition coefficient (Wildman–Crippen LogP) is 3.06. The van der Waals surface area contributed by atoms with Crippen molar-refractivity contribution in [3.8, 4) is 5.75 Å². The molecular weight excluding hydrogens is 322 g/mol. The van der Waals surface area contributed by atoms with Gasteiger partial charge in [0, 0.05) is 17.5 Å². The van der Waals surface area contributed by atoms with Gasteiger partial charge in [-0.25, -0.2) is 9.59 Å². The molecule has 25 heavy (non-hydrogen) atoms. The van der Waals surface area contributed by atoms with Gasteiger partial charge in [0.2, 0.25) is 0 Å². The van der Waals surface area contributed by atoms with Crippen LogP contribution in [0.4, 0.5) is 4.79 Å². The number of esters is 1. The van der Waals surface area contributed by atoms with Gasteiger partial charge in [0.1, 0.15) is 12.4 Å². The Bertz CT molecular complexity index is 751. The van der Waals surface area contributed by atoms with E-state index in [2.05, 4.69) is 11.9 Å². The first kappa shape index (κ1) is 18.5. The molecule has 0 aliphatic heterocycles. The van der Waals surface area contributed by atoms with E-state index in [1.807, 2.05) is 36.4 Å². The largest absolute Gasteiger partial charge is 0.460 e. The van der Waals surface area contributed by atoms with Gasteiger partial charge in [-0.2, -0.15) is 0 Å². The number of fused-ring (bicyclic) bond motifs is 1. The minimum atomic E-state index is -0.548. The Morgan fingerprint density at radius 2 is 1.80 bits per heavy atom. The van der Waals surface area contributed by atoms with Gasteiger partial charge in [-0.1, -0.05) is 43.0 Å². The standard InChI is InChI=1S/C19H21NO5/c1-14(2)18(21)24-13-12-23-11-10-20-19(22)25-17-9-5-7-15-6-3-4-8-16(15)17/h3-9H,1,10-13H2,2H3,(H,20,22). The van der Waals surface area contributed by atoms with E-state index < -0.39 is 12.1 Å². The lowest BCUT2D eigenvalue weighted by Crippen LogP contribution is -2.30. The van der Waals surface area contributed by atoms with E-state index in [1.165, 1.54) is 0 Å². The van der Waals surface area contributed by atoms with Gasteiger partial charge in [-0.05, 0) is 18.4 Å². The van der Waals surface area contributed by atoms with Crippen LogP contribution in [0.15, 0.2) is 54.6 Å². The van der Waals surface area contributed by atoms with Crippen LogP contribution in [0.5, 0.6) is 5.75 Å². The Balaban J connectivity index is 1.66. The molecule has 1 amide bonds. The summed E-state index contributed by atoms with van der Waals surface area (Å²) in [6.07, 6.45) is -0.548. The first-order valence-corrected chi connectivity index (χ1v) is 7.92. The summed E-state index contributed by atoms with van der Waals surface area (Å²) in [6.45, 7) is 6.03. The molecule has 0 spiro atoms. The summed E-state index contributed by atoms with van der Waals surface area (Å²) >= 11 is 0. The first-order valence-electron chi connectivity index (χ1n) is 7.92. The maximum atomic E-state index is 11.8. The SMILES string of the molecule is C=C(C)C(=O)OCCOCCNC(=O)Oc1cccc2ccccc12. The van der Waals surface area contributed by atoms with E-state index in [4.69, 9.17) is 14.2 Å². The monoisotopic (exact) mass is 343 g/mol. The Hall–Kier alpha value is -2.86. The zero-order valence-corrected chi connectivity index (χ0v) is 14.1. The normalized spacial score (nSPS) is 10.3. The number of hydrogen-bond donors (Lipinski definition) is 1. The molecule has 2 aromatic rings. The molecule has 0 aliphatic carbocycles. The predicted molar refractivity (Wildman–Crippen MR) is 94.6 cm³/mol. The lowest BCUT2D eigenvalue weighted by atomic mass is 10.1. The summed E-state index contributed by atoms with van der Waals surface area (Å²) in [6, 6.07) is 13.2. The van der Waals surface area contributed by atoms with Crippen molar-refractivity contribution in [3.05, 3.63) is 54.6 Å². The lowest BCUT2D eigenvalue weighted by molar-refractivity contribution is -0.140. The highest BCUT2D eigenvalue weighted by Gasteiger charge is 2.07. The summed E-state index contributed by atoms with van der Waals surface area (Å²) in [4.78, 5) is 23.0. The number of benzene rings is 2. The molecule has 0 unspecified atom stereocenters. The second-order valence-electron chi connectivity index (χ2n) is 5.32. The van der Waals surface area contributed by atoms with E-state index in [0.29, 0.717) is 11.3 Å². The van der Waals surface area contributed by atoms with Crippen molar-refractivity contribution in [2.75, 3.05) is 26.4 Å². The quantitative estimate of drug-likeness (QED) is 0.453. The third kappa shape index (κ3) is 5.93. The number of carbonyl (C=O) groups is 2. The third-order valence-electron chi connectivity index (χ3n) is 3.28. The van der Waals surface area contributed by atoms with Crippen LogP contribution in [0.1, 0.15) is 6.92 Å². The van der Waals surface area contributed by atoms with E-state index >= 15 is 0 Å². The fraction of sp³-hybridized carbons (Fsp3) is 0.263. The van der Waals surface area contributed by atoms with Crippen LogP contribution in [0.25, 0.3) is 10.8 Å². The van der Waals surface area contributed by atoms with Gasteiger partial charge in [0.15, 0.2) is 0 Å². The second-order valence-corrected chi connectivity index (χ2v) is 5.32. The first-order chi connectivity index (χ1) is 12.1. The molecule has 0 saturated carbocycles. The van der Waals surface area contributed by atoms with E-state index in [9.17, 15) is 9.59 Å². The average molecular weight is 343 g/mol. The molecule has 0 heterocycles. The molecule has 0 aliphatic rings. The molecule has 0 radical (unpaired) electrons. The van der Waals surface area contributed by atoms with Gasteiger partial charge in [-0.15, -0.1) is 0 Å². The molecule has 2 rings (SSSR count). The Kier molecular flexibility index (Phi) is 6.98. The highest BCUT2D eigenvalue weighted by atomic mass is 16.6. The van der Waals surface area contributed by atoms with E-state index in [1.54, 1.807) is 13.0 Å². The van der Waals surface area contributed by atoms with Crippen LogP contribution < -0.4 is 10.1 Å². The van der Waals surface area contributed by atoms with E-state index in [-0.39, 0.29) is 26.4 Å². The summed E-state index contributed by atoms with van der Waals surface area (Å²) < 4.78 is 15.5. The maximum absolute atomic E-state index is 11.8. The smallest absolute Gasteiger partial charge is 0.412 e. The van der Waals surface area contributed by atoms with Gasteiger partial charge >= 0.3 is 12.1 Å². The van der Waals surface area contributed by atoms with Gasteiger partial charge in [0.05, 0.1) is 13.2 Å². The zero-order valence-electron chi connectivity index (χ0n) is 14.1. The summed E-state index contributed by atoms with van der Waals surface area (Å²) in [5.41, 5.74) is 0.345. The van der Waals surface area contributed by atoms with Crippen LogP contribution in [0.2, 0.25) is 0 Å². The van der Waals surface area contributed by atoms with Crippen LogP contribution in [0, 0.1) is 0 Å². The van der Waals surface area contributed by atoms with E-state index in [0.717, 1.165) is 10.8 Å². The molecule has 132 valence electrons. The second kappa shape index (κ2) is 9.44. The van der Waals surface area contributed by atoms with Crippen LogP contribution >= 0.6 is 0 Å². The number of rotatable bonds is 8. The minimum absolute atomic E-state index is 0.145. The lowest BCUT2D eigenvalue weighted by Gasteiger charge is -2.09. The topological polar surface area (TPSA) is 73.9 Å². The van der Waals surface area contributed by atoms with Crippen molar-refractivity contribution < 1.29 is 23.8 Å². The van der Waals surface area contributed by atoms with Crippen molar-refractivity contribution >= 4 is 22.8 Å². The highest BCUT2D eigenvalue weighted by Crippen LogP contribution is 2.25. The zero-order chi connectivity index (χ0) is 18.1. The van der Waals surface area contributed by atoms with Crippen LogP contribution in [-0.4, -0.2) is 38.4 Å². The molecule has 1 N–H and O–H groups in total. The number of ether oxygens (including phenoxy) is 3. The molecule has 0 bridgehead atoms. The van der Waals surface area contributed by atoms with Crippen molar-refractivity contribution in [3.63, 3.8) is 0 Å². The Labute approximate surface area is 146 Å². The van der Waals surface area contributed by atoms with Crippen molar-refractivity contribution in [2.45, 2.75) is 6.92 Å². The van der Waals surface area contributed by atoms with Crippen molar-refractivity contribution in [1.29, 1.82) is 0 Å². The molecule has 2 aromatic carbocycles. The molecular formula is C19H21NO5. The number of amides is 1. The molecule has 0 fully saturated rings. The third-order valence-corrected chi connectivity index (χ3v) is 3.28. The van der Waals surface area contributed by atoms with Gasteiger partial charge in [-0.3, -0.25) is 0 Å². The highest BCUT2D eigenvalue weighted by molar-refractivity contribution is 5.90. The van der Waals surface area contributed by atoms with Crippen LogP contribution in [-0.2, 0) is 14.3 Å². The average Bonchev–Trinajstić information content (AvgIpc) is 2.61. The number of hydrogen-bond acceptors (Lipinski definition) is 5. The summed E-state index contributed by atoms with van der Waals surface area (Å²) in [5.74, 6) is 0.0589. The summed E-state index contributed by atoms with van der Waals surface area (Å²) in [5, 5.41) is 4.48. The van der Waals surface area contributed by atoms with Crippen molar-refractivity contribution in [1.82, 2.24) is 5.32 Å². The molecule has 0 saturated heterocycles. The summed E-state index contributed by atoms with van der Waals surface area (Å²) in [7, 11) is 0. The molecule has 0 atom stereocenters. The van der Waals surface area contributed by atoms with Gasteiger partial charge in [0.25, 0.3) is 0 Å². The Morgan fingerprint density at radius 3 is 2.60 bits per heavy atom. The van der Waals surface area contributed by atoms with Crippen LogP contribution in [0.3, 0.4) is 0 Å². The number of carbonyl (C=O) groups excluding carboxylic acids is 2. The fourth-order valence-electron chi connectivity index (χ4n) is 2.06. The molecule has 6 heteroatoms. The Morgan fingerprint density at radius 1 is 1.04 bits per heavy atom. The number of nitrogens with one attached hydrogen (secondary N) is 1. The maximum Gasteiger partial charge on any atom is 0.412 e.